The highest BCUT2D eigenvalue weighted by molar-refractivity contribution is 5.89. The van der Waals surface area contributed by atoms with Crippen molar-refractivity contribution in [3.8, 4) is 5.75 Å². The number of methoxy groups -OCH3 is 1. The molecule has 0 aliphatic heterocycles. The van der Waals surface area contributed by atoms with Crippen LogP contribution >= 0.6 is 0 Å². The van der Waals surface area contributed by atoms with Gasteiger partial charge in [0.1, 0.15) is 11.9 Å². The number of aromatic amines is 1. The summed E-state index contributed by atoms with van der Waals surface area (Å²) in [5.41, 5.74) is -2.14. The highest BCUT2D eigenvalue weighted by Crippen LogP contribution is 2.39. The van der Waals surface area contributed by atoms with Crippen LogP contribution in [0.15, 0.2) is 35.1 Å². The van der Waals surface area contributed by atoms with Gasteiger partial charge in [0.25, 0.3) is 5.56 Å². The first-order valence-electron chi connectivity index (χ1n) is 9.21. The smallest absolute Gasteiger partial charge is 0.416 e. The van der Waals surface area contributed by atoms with Crippen LogP contribution in [0.1, 0.15) is 46.8 Å². The third-order valence-corrected chi connectivity index (χ3v) is 4.64. The molecule has 0 unspecified atom stereocenters. The minimum Gasteiger partial charge on any atom is -0.483 e. The maximum Gasteiger partial charge on any atom is 0.416 e. The van der Waals surface area contributed by atoms with Gasteiger partial charge in [-0.2, -0.15) is 13.2 Å². The van der Waals surface area contributed by atoms with E-state index in [9.17, 15) is 27.2 Å². The van der Waals surface area contributed by atoms with Crippen molar-refractivity contribution < 1.29 is 31.8 Å². The second-order valence-electron chi connectivity index (χ2n) is 6.76. The lowest BCUT2D eigenvalue weighted by molar-refractivity contribution is -0.139. The first-order valence-corrected chi connectivity index (χ1v) is 9.21. The maximum absolute atomic E-state index is 14.4. The van der Waals surface area contributed by atoms with Crippen LogP contribution in [0.5, 0.6) is 5.75 Å². The fourth-order valence-corrected chi connectivity index (χ4v) is 3.19. The van der Waals surface area contributed by atoms with Gasteiger partial charge in [-0.25, -0.2) is 14.2 Å². The van der Waals surface area contributed by atoms with E-state index in [2.05, 4.69) is 14.7 Å². The number of carbonyl (C=O) groups excluding carboxylic acids is 1. The molecule has 6 nitrogen and oxygen atoms in total. The summed E-state index contributed by atoms with van der Waals surface area (Å²) in [6, 6.07) is 5.10. The van der Waals surface area contributed by atoms with Gasteiger partial charge in [0, 0.05) is 5.56 Å². The summed E-state index contributed by atoms with van der Waals surface area (Å²) >= 11 is 0. The molecule has 1 aromatic heterocycles. The molecule has 0 saturated heterocycles. The zero-order chi connectivity index (χ0) is 22.9. The van der Waals surface area contributed by atoms with E-state index in [-0.39, 0.29) is 40.0 Å². The molecule has 3 aromatic rings. The summed E-state index contributed by atoms with van der Waals surface area (Å²) in [5.74, 6) is -1.88. The number of aromatic nitrogens is 2. The number of nitrogens with one attached hydrogen (secondary N) is 1. The number of nitrogens with zero attached hydrogens (tertiary/aromatic N) is 1. The Morgan fingerprint density at radius 1 is 1.23 bits per heavy atom. The fraction of sp³-hybridized carbons (Fsp3) is 0.286. The van der Waals surface area contributed by atoms with Gasteiger partial charge >= 0.3 is 12.1 Å². The normalized spacial score (nSPS) is 12.6. The molecular formula is C21H18F4N2O4. The number of esters is 1. The number of H-pyrrole nitrogens is 1. The SMILES string of the molecule is CC[C@@H](Oc1ccc(C(=O)OC)cc1F)c1cc2c(=O)[nH]c(C)nc2cc1C(F)(F)F. The maximum atomic E-state index is 14.4. The average Bonchev–Trinajstić information content (AvgIpc) is 2.70. The van der Waals surface area contributed by atoms with Gasteiger partial charge in [-0.15, -0.1) is 0 Å². The Morgan fingerprint density at radius 2 is 1.94 bits per heavy atom. The van der Waals surface area contributed by atoms with Crippen molar-refractivity contribution in [3.63, 3.8) is 0 Å². The van der Waals surface area contributed by atoms with Gasteiger partial charge in [-0.3, -0.25) is 4.79 Å². The number of rotatable bonds is 5. The van der Waals surface area contributed by atoms with E-state index in [0.29, 0.717) is 0 Å². The van der Waals surface area contributed by atoms with E-state index in [1.165, 1.54) is 13.0 Å². The number of hydrogen-bond donors (Lipinski definition) is 1. The summed E-state index contributed by atoms with van der Waals surface area (Å²) in [6.07, 6.45) is -5.93. The molecule has 0 fully saturated rings. The topological polar surface area (TPSA) is 81.3 Å². The van der Waals surface area contributed by atoms with Crippen LogP contribution in [-0.2, 0) is 10.9 Å². The van der Waals surface area contributed by atoms with Crippen LogP contribution in [0.2, 0.25) is 0 Å². The lowest BCUT2D eigenvalue weighted by Gasteiger charge is -2.23. The van der Waals surface area contributed by atoms with Crippen molar-refractivity contribution in [1.29, 1.82) is 0 Å². The zero-order valence-corrected chi connectivity index (χ0v) is 16.8. The van der Waals surface area contributed by atoms with Gasteiger partial charge in [0.2, 0.25) is 0 Å². The standard InChI is InChI=1S/C21H18F4N2O4/c1-4-17(31-18-6-5-11(7-15(18)22)20(29)30-3)12-8-13-16(9-14(12)21(23,24)25)26-10(2)27-19(13)28/h5-9,17H,4H2,1-3H3,(H,26,27,28)/t17-/m1/s1. The molecule has 0 aliphatic carbocycles. The average molecular weight is 438 g/mol. The number of ether oxygens (including phenoxy) is 2. The number of fused-ring (bicyclic) bond motifs is 1. The number of hydrogen-bond acceptors (Lipinski definition) is 5. The van der Waals surface area contributed by atoms with Gasteiger partial charge in [0.05, 0.1) is 29.1 Å². The summed E-state index contributed by atoms with van der Waals surface area (Å²) in [4.78, 5) is 30.2. The van der Waals surface area contributed by atoms with E-state index in [1.807, 2.05) is 0 Å². The second kappa shape index (κ2) is 8.37. The van der Waals surface area contributed by atoms with Crippen LogP contribution in [0, 0.1) is 12.7 Å². The van der Waals surface area contributed by atoms with E-state index >= 15 is 0 Å². The lowest BCUT2D eigenvalue weighted by Crippen LogP contribution is -2.18. The molecule has 1 atom stereocenters. The predicted molar refractivity (Wildman–Crippen MR) is 104 cm³/mol. The summed E-state index contributed by atoms with van der Waals surface area (Å²) in [6.45, 7) is 3.02. The van der Waals surface area contributed by atoms with E-state index in [4.69, 9.17) is 4.74 Å². The summed E-state index contributed by atoms with van der Waals surface area (Å²) in [5, 5.41) is -0.0443. The number of halogens is 4. The van der Waals surface area contributed by atoms with Crippen LogP contribution in [-0.4, -0.2) is 23.0 Å². The first kappa shape index (κ1) is 22.3. The van der Waals surface area contributed by atoms with Crippen molar-refractivity contribution >= 4 is 16.9 Å². The number of alkyl halides is 3. The molecule has 3 rings (SSSR count). The molecule has 0 amide bonds. The van der Waals surface area contributed by atoms with Crippen LogP contribution in [0.3, 0.4) is 0 Å². The molecule has 31 heavy (non-hydrogen) atoms. The van der Waals surface area contributed by atoms with Crippen molar-refractivity contribution in [2.75, 3.05) is 7.11 Å². The lowest BCUT2D eigenvalue weighted by atomic mass is 9.97. The molecule has 1 N–H and O–H groups in total. The number of benzene rings is 2. The summed E-state index contributed by atoms with van der Waals surface area (Å²) in [7, 11) is 1.13. The molecule has 0 aliphatic rings. The quantitative estimate of drug-likeness (QED) is 0.461. The largest absolute Gasteiger partial charge is 0.483 e. The molecule has 2 aromatic carbocycles. The van der Waals surface area contributed by atoms with E-state index in [0.717, 1.165) is 31.4 Å². The van der Waals surface area contributed by atoms with Gasteiger partial charge < -0.3 is 14.5 Å². The van der Waals surface area contributed by atoms with Gasteiger partial charge in [-0.05, 0) is 43.7 Å². The van der Waals surface area contributed by atoms with Crippen LogP contribution in [0.25, 0.3) is 10.9 Å². The third kappa shape index (κ3) is 4.52. The van der Waals surface area contributed by atoms with Crippen molar-refractivity contribution in [2.24, 2.45) is 0 Å². The highest BCUT2D eigenvalue weighted by Gasteiger charge is 2.36. The highest BCUT2D eigenvalue weighted by atomic mass is 19.4. The third-order valence-electron chi connectivity index (χ3n) is 4.64. The van der Waals surface area contributed by atoms with Crippen molar-refractivity contribution in [2.45, 2.75) is 32.5 Å². The minimum absolute atomic E-state index is 0.0443. The number of carbonyl (C=O) groups is 1. The second-order valence-corrected chi connectivity index (χ2v) is 6.76. The van der Waals surface area contributed by atoms with Crippen molar-refractivity contribution in [1.82, 2.24) is 9.97 Å². The van der Waals surface area contributed by atoms with Gasteiger partial charge in [0.15, 0.2) is 11.6 Å². The fourth-order valence-electron chi connectivity index (χ4n) is 3.19. The Hall–Kier alpha value is -3.43. The van der Waals surface area contributed by atoms with E-state index < -0.39 is 35.2 Å². The molecule has 1 heterocycles. The Bertz CT molecular complexity index is 1200. The molecule has 164 valence electrons. The minimum atomic E-state index is -4.76. The monoisotopic (exact) mass is 438 g/mol. The van der Waals surface area contributed by atoms with Crippen LogP contribution in [0.4, 0.5) is 17.6 Å². The number of aryl methyl sites for hydroxylation is 1. The van der Waals surface area contributed by atoms with Crippen LogP contribution < -0.4 is 10.3 Å². The van der Waals surface area contributed by atoms with Crippen molar-refractivity contribution in [3.05, 3.63) is 69.0 Å². The molecule has 0 saturated carbocycles. The molecule has 10 heteroatoms. The Kier molecular flexibility index (Phi) is 6.01. The Morgan fingerprint density at radius 3 is 2.52 bits per heavy atom. The Balaban J connectivity index is 2.11. The zero-order valence-electron chi connectivity index (χ0n) is 16.8. The predicted octanol–water partition coefficient (Wildman–Crippen LogP) is 4.71. The Labute approximate surface area is 173 Å². The molecule has 0 bridgehead atoms. The first-order chi connectivity index (χ1) is 14.5. The summed E-state index contributed by atoms with van der Waals surface area (Å²) < 4.78 is 65.8. The molecular weight excluding hydrogens is 420 g/mol. The molecule has 0 radical (unpaired) electrons. The van der Waals surface area contributed by atoms with E-state index in [1.54, 1.807) is 6.92 Å². The van der Waals surface area contributed by atoms with Gasteiger partial charge in [-0.1, -0.05) is 6.92 Å². The molecule has 0 spiro atoms.